The Morgan fingerprint density at radius 2 is 1.92 bits per heavy atom. The van der Waals surface area contributed by atoms with Gasteiger partial charge in [0.05, 0.1) is 11.5 Å². The van der Waals surface area contributed by atoms with E-state index in [1.807, 2.05) is 19.9 Å². The van der Waals surface area contributed by atoms with Gasteiger partial charge < -0.3 is 10.1 Å². The molecule has 0 aliphatic carbocycles. The van der Waals surface area contributed by atoms with Crippen LogP contribution in [0.1, 0.15) is 18.9 Å². The fraction of sp³-hybridized carbons (Fsp3) is 0.294. The van der Waals surface area contributed by atoms with Crippen molar-refractivity contribution in [1.29, 1.82) is 0 Å². The third kappa shape index (κ3) is 4.48. The molecular formula is C17H20N2O5S. The molecule has 25 heavy (non-hydrogen) atoms. The summed E-state index contributed by atoms with van der Waals surface area (Å²) in [6.45, 7) is 4.46. The summed E-state index contributed by atoms with van der Waals surface area (Å²) in [6.07, 6.45) is 1.84. The molecule has 0 aromatic heterocycles. The molecule has 2 rings (SSSR count). The summed E-state index contributed by atoms with van der Waals surface area (Å²) in [7, 11) is -3.72. The van der Waals surface area contributed by atoms with Crippen LogP contribution in [0.2, 0.25) is 0 Å². The van der Waals surface area contributed by atoms with E-state index >= 15 is 0 Å². The van der Waals surface area contributed by atoms with Gasteiger partial charge in [-0.25, -0.2) is 8.42 Å². The molecule has 134 valence electrons. The zero-order valence-corrected chi connectivity index (χ0v) is 15.1. The number of nitrogens with zero attached hydrogens (tertiary/aromatic N) is 1. The Balaban J connectivity index is 2.43. The lowest BCUT2D eigenvalue weighted by molar-refractivity contribution is -0.386. The maximum atomic E-state index is 11.8. The van der Waals surface area contributed by atoms with E-state index in [-0.39, 0.29) is 10.6 Å². The fourth-order valence-electron chi connectivity index (χ4n) is 2.34. The first-order valence-corrected chi connectivity index (χ1v) is 9.61. The lowest BCUT2D eigenvalue weighted by atomic mass is 10.1. The molecule has 2 aromatic carbocycles. The predicted molar refractivity (Wildman–Crippen MR) is 96.5 cm³/mol. The average molecular weight is 364 g/mol. The van der Waals surface area contributed by atoms with Crippen molar-refractivity contribution in [2.24, 2.45) is 0 Å². The normalized spacial score (nSPS) is 11.2. The molecule has 0 amide bonds. The van der Waals surface area contributed by atoms with Crippen molar-refractivity contribution in [2.75, 3.05) is 18.2 Å². The molecule has 0 bridgehead atoms. The van der Waals surface area contributed by atoms with Gasteiger partial charge in [0, 0.05) is 11.9 Å². The highest BCUT2D eigenvalue weighted by atomic mass is 32.2. The minimum atomic E-state index is -3.72. The molecule has 0 aliphatic heterocycles. The number of anilines is 2. The predicted octanol–water partition coefficient (Wildman–Crippen LogP) is 3.84. The quantitative estimate of drug-likeness (QED) is 0.592. The van der Waals surface area contributed by atoms with Gasteiger partial charge >= 0.3 is 5.69 Å². The first kappa shape index (κ1) is 18.7. The minimum Gasteiger partial charge on any atom is -0.494 e. The maximum Gasteiger partial charge on any atom is 0.311 e. The standard InChI is InChI=1S/C17H20N2O5S/c1-4-10-24-13-8-9-14(12(2)11-13)18-15-6-5-7-16(25(3,22)23)17(15)19(20)21/h5-9,11,18H,4,10H2,1-3H3. The number of benzene rings is 2. The highest BCUT2D eigenvalue weighted by Crippen LogP contribution is 2.35. The van der Waals surface area contributed by atoms with Crippen LogP contribution in [0.25, 0.3) is 0 Å². The Bertz CT molecular complexity index is 894. The summed E-state index contributed by atoms with van der Waals surface area (Å²) in [4.78, 5) is 10.4. The number of sulfone groups is 1. The van der Waals surface area contributed by atoms with Gasteiger partial charge in [-0.15, -0.1) is 0 Å². The van der Waals surface area contributed by atoms with Gasteiger partial charge in [-0.05, 0) is 49.2 Å². The van der Waals surface area contributed by atoms with Crippen molar-refractivity contribution in [3.05, 3.63) is 52.1 Å². The topological polar surface area (TPSA) is 98.5 Å². The lowest BCUT2D eigenvalue weighted by Crippen LogP contribution is -2.06. The van der Waals surface area contributed by atoms with E-state index in [1.165, 1.54) is 18.2 Å². The zero-order valence-electron chi connectivity index (χ0n) is 14.3. The zero-order chi connectivity index (χ0) is 18.6. The van der Waals surface area contributed by atoms with E-state index in [4.69, 9.17) is 4.74 Å². The molecule has 0 radical (unpaired) electrons. The number of nitro benzene ring substituents is 1. The van der Waals surface area contributed by atoms with E-state index in [0.29, 0.717) is 18.0 Å². The molecular weight excluding hydrogens is 344 g/mol. The second-order valence-corrected chi connectivity index (χ2v) is 7.62. The average Bonchev–Trinajstić information content (AvgIpc) is 2.54. The van der Waals surface area contributed by atoms with Crippen LogP contribution >= 0.6 is 0 Å². The summed E-state index contributed by atoms with van der Waals surface area (Å²) >= 11 is 0. The van der Waals surface area contributed by atoms with E-state index < -0.39 is 20.4 Å². The third-order valence-corrected chi connectivity index (χ3v) is 4.65. The maximum absolute atomic E-state index is 11.8. The largest absolute Gasteiger partial charge is 0.494 e. The van der Waals surface area contributed by atoms with Crippen molar-refractivity contribution in [3.63, 3.8) is 0 Å². The number of nitrogens with one attached hydrogen (secondary N) is 1. The van der Waals surface area contributed by atoms with Gasteiger partial charge in [-0.1, -0.05) is 13.0 Å². The first-order valence-electron chi connectivity index (χ1n) is 7.72. The van der Waals surface area contributed by atoms with Crippen LogP contribution in [0.5, 0.6) is 5.75 Å². The van der Waals surface area contributed by atoms with Gasteiger partial charge in [-0.3, -0.25) is 10.1 Å². The Kier molecular flexibility index (Phi) is 5.63. The lowest BCUT2D eigenvalue weighted by Gasteiger charge is -2.13. The number of rotatable bonds is 7. The van der Waals surface area contributed by atoms with Crippen molar-refractivity contribution in [3.8, 4) is 5.75 Å². The molecule has 1 N–H and O–H groups in total. The SMILES string of the molecule is CCCOc1ccc(Nc2cccc(S(C)(=O)=O)c2[N+](=O)[O-])c(C)c1. The number of aryl methyl sites for hydroxylation is 1. The number of hydrogen-bond acceptors (Lipinski definition) is 6. The Hall–Kier alpha value is -2.61. The monoisotopic (exact) mass is 364 g/mol. The summed E-state index contributed by atoms with van der Waals surface area (Å²) in [5.74, 6) is 0.712. The Morgan fingerprint density at radius 1 is 1.20 bits per heavy atom. The van der Waals surface area contributed by atoms with Crippen molar-refractivity contribution < 1.29 is 18.1 Å². The summed E-state index contributed by atoms with van der Waals surface area (Å²) in [6, 6.07) is 9.51. The van der Waals surface area contributed by atoms with Crippen LogP contribution < -0.4 is 10.1 Å². The minimum absolute atomic E-state index is 0.123. The highest BCUT2D eigenvalue weighted by Gasteiger charge is 2.26. The van der Waals surface area contributed by atoms with Gasteiger partial charge in [0.15, 0.2) is 9.84 Å². The van der Waals surface area contributed by atoms with E-state index in [9.17, 15) is 18.5 Å². The van der Waals surface area contributed by atoms with E-state index in [1.54, 1.807) is 12.1 Å². The molecule has 0 fully saturated rings. The molecule has 0 unspecified atom stereocenters. The van der Waals surface area contributed by atoms with Gasteiger partial charge in [0.25, 0.3) is 0 Å². The first-order chi connectivity index (χ1) is 11.7. The number of nitro groups is 1. The van der Waals surface area contributed by atoms with Gasteiger partial charge in [0.1, 0.15) is 16.3 Å². The molecule has 0 aliphatic rings. The molecule has 0 spiro atoms. The van der Waals surface area contributed by atoms with Crippen LogP contribution in [0.3, 0.4) is 0 Å². The second kappa shape index (κ2) is 7.52. The third-order valence-electron chi connectivity index (χ3n) is 3.52. The number of para-hydroxylation sites is 1. The molecule has 0 heterocycles. The van der Waals surface area contributed by atoms with E-state index in [2.05, 4.69) is 5.32 Å². The summed E-state index contributed by atoms with van der Waals surface area (Å²) in [5.41, 5.74) is 1.12. The molecule has 0 atom stereocenters. The molecule has 2 aromatic rings. The second-order valence-electron chi connectivity index (χ2n) is 5.63. The fourth-order valence-corrected chi connectivity index (χ4v) is 3.20. The molecule has 8 heteroatoms. The van der Waals surface area contributed by atoms with Gasteiger partial charge in [-0.2, -0.15) is 0 Å². The Labute approximate surface area is 146 Å². The number of hydrogen-bond donors (Lipinski definition) is 1. The van der Waals surface area contributed by atoms with Crippen LogP contribution in [0.15, 0.2) is 41.3 Å². The summed E-state index contributed by atoms with van der Waals surface area (Å²) in [5, 5.41) is 14.4. The molecule has 7 nitrogen and oxygen atoms in total. The van der Waals surface area contributed by atoms with E-state index in [0.717, 1.165) is 18.2 Å². The van der Waals surface area contributed by atoms with Crippen molar-refractivity contribution in [2.45, 2.75) is 25.2 Å². The van der Waals surface area contributed by atoms with Crippen molar-refractivity contribution >= 4 is 26.9 Å². The molecule has 0 saturated carbocycles. The smallest absolute Gasteiger partial charge is 0.311 e. The Morgan fingerprint density at radius 3 is 2.48 bits per heavy atom. The van der Waals surface area contributed by atoms with Gasteiger partial charge in [0.2, 0.25) is 0 Å². The van der Waals surface area contributed by atoms with Crippen molar-refractivity contribution in [1.82, 2.24) is 0 Å². The highest BCUT2D eigenvalue weighted by molar-refractivity contribution is 7.90. The van der Waals surface area contributed by atoms with Crippen LogP contribution in [0, 0.1) is 17.0 Å². The van der Waals surface area contributed by atoms with Crippen LogP contribution in [-0.2, 0) is 9.84 Å². The van der Waals surface area contributed by atoms with Crippen LogP contribution in [0.4, 0.5) is 17.1 Å². The van der Waals surface area contributed by atoms with Crippen LogP contribution in [-0.4, -0.2) is 26.2 Å². The summed E-state index contributed by atoms with van der Waals surface area (Å²) < 4.78 is 29.2. The molecule has 0 saturated heterocycles. The number of ether oxygens (including phenoxy) is 1.